The van der Waals surface area contributed by atoms with E-state index in [4.69, 9.17) is 0 Å². The van der Waals surface area contributed by atoms with Crippen molar-refractivity contribution in [3.63, 3.8) is 0 Å². The number of hydrogen-bond donors (Lipinski definition) is 2. The second-order valence-corrected chi connectivity index (χ2v) is 5.19. The maximum absolute atomic E-state index is 13.3. The molecule has 2 N–H and O–H groups in total. The molecule has 1 aromatic carbocycles. The van der Waals surface area contributed by atoms with Crippen molar-refractivity contribution in [1.29, 1.82) is 0 Å². The summed E-state index contributed by atoms with van der Waals surface area (Å²) in [5.74, 6) is -0.184. The topological polar surface area (TPSA) is 41.1 Å². The highest BCUT2D eigenvalue weighted by molar-refractivity contribution is 5.85. The number of halogens is 2. The van der Waals surface area contributed by atoms with Crippen molar-refractivity contribution in [3.8, 4) is 0 Å². The molecule has 1 saturated heterocycles. The Kier molecular flexibility index (Phi) is 6.96. The zero-order valence-electron chi connectivity index (χ0n) is 11.7. The first kappa shape index (κ1) is 16.9. The van der Waals surface area contributed by atoms with Gasteiger partial charge in [-0.3, -0.25) is 4.79 Å². The Morgan fingerprint density at radius 3 is 2.95 bits per heavy atom. The Balaban J connectivity index is 0.00000200. The lowest BCUT2D eigenvalue weighted by atomic mass is 10.1. The van der Waals surface area contributed by atoms with Crippen molar-refractivity contribution in [1.82, 2.24) is 10.6 Å². The van der Waals surface area contributed by atoms with Crippen molar-refractivity contribution < 1.29 is 9.18 Å². The molecule has 0 bridgehead atoms. The van der Waals surface area contributed by atoms with Gasteiger partial charge in [-0.25, -0.2) is 4.39 Å². The van der Waals surface area contributed by atoms with Gasteiger partial charge in [0.15, 0.2) is 0 Å². The Morgan fingerprint density at radius 2 is 2.30 bits per heavy atom. The molecule has 0 aromatic heterocycles. The third-order valence-electron chi connectivity index (χ3n) is 3.61. The number of nitrogens with one attached hydrogen (secondary N) is 2. The van der Waals surface area contributed by atoms with Gasteiger partial charge in [-0.15, -0.1) is 12.4 Å². The first-order chi connectivity index (χ1) is 9.15. The van der Waals surface area contributed by atoms with Crippen LogP contribution in [-0.4, -0.2) is 18.5 Å². The summed E-state index contributed by atoms with van der Waals surface area (Å²) in [6, 6.07) is 5.55. The third kappa shape index (κ3) is 5.10. The van der Waals surface area contributed by atoms with E-state index in [0.29, 0.717) is 24.6 Å². The Hall–Kier alpha value is -1.13. The third-order valence-corrected chi connectivity index (χ3v) is 3.61. The molecule has 1 atom stereocenters. The fraction of sp³-hybridized carbons (Fsp3) is 0.533. The molecule has 0 aliphatic carbocycles. The molecular formula is C15H22ClFN2O. The van der Waals surface area contributed by atoms with Gasteiger partial charge in [-0.05, 0) is 49.9 Å². The monoisotopic (exact) mass is 300 g/mol. The highest BCUT2D eigenvalue weighted by Gasteiger charge is 2.15. The molecule has 1 fully saturated rings. The van der Waals surface area contributed by atoms with Crippen molar-refractivity contribution in [3.05, 3.63) is 35.1 Å². The summed E-state index contributed by atoms with van der Waals surface area (Å²) in [6.07, 6.45) is 3.78. The van der Waals surface area contributed by atoms with E-state index in [2.05, 4.69) is 10.6 Å². The summed E-state index contributed by atoms with van der Waals surface area (Å²) in [5, 5.41) is 6.21. The number of amides is 1. The maximum Gasteiger partial charge on any atom is 0.220 e. The van der Waals surface area contributed by atoms with Gasteiger partial charge < -0.3 is 10.6 Å². The minimum Gasteiger partial charge on any atom is -0.352 e. The molecule has 1 heterocycles. The van der Waals surface area contributed by atoms with E-state index in [1.165, 1.54) is 12.5 Å². The first-order valence-corrected chi connectivity index (χ1v) is 6.90. The summed E-state index contributed by atoms with van der Waals surface area (Å²) in [5.41, 5.74) is 1.43. The molecule has 0 spiro atoms. The molecule has 2 rings (SSSR count). The van der Waals surface area contributed by atoms with E-state index in [1.807, 2.05) is 6.07 Å². The van der Waals surface area contributed by atoms with Crippen molar-refractivity contribution in [2.75, 3.05) is 6.54 Å². The number of benzene rings is 1. The number of carbonyl (C=O) groups is 1. The fourth-order valence-corrected chi connectivity index (χ4v) is 2.34. The van der Waals surface area contributed by atoms with E-state index in [0.717, 1.165) is 24.9 Å². The predicted molar refractivity (Wildman–Crippen MR) is 80.5 cm³/mol. The second kappa shape index (κ2) is 8.22. The van der Waals surface area contributed by atoms with Gasteiger partial charge in [0, 0.05) is 19.0 Å². The molecular weight excluding hydrogens is 279 g/mol. The normalized spacial score (nSPS) is 17.6. The van der Waals surface area contributed by atoms with Gasteiger partial charge in [-0.2, -0.15) is 0 Å². The number of aryl methyl sites for hydroxylation is 1. The summed E-state index contributed by atoms with van der Waals surface area (Å²) in [7, 11) is 0. The van der Waals surface area contributed by atoms with Gasteiger partial charge in [0.25, 0.3) is 0 Å². The Morgan fingerprint density at radius 1 is 1.50 bits per heavy atom. The van der Waals surface area contributed by atoms with Crippen LogP contribution in [-0.2, 0) is 11.3 Å². The smallest absolute Gasteiger partial charge is 0.220 e. The molecule has 0 radical (unpaired) electrons. The van der Waals surface area contributed by atoms with Gasteiger partial charge in [0.1, 0.15) is 5.82 Å². The number of carbonyl (C=O) groups excluding carboxylic acids is 1. The average Bonchev–Trinajstić information content (AvgIpc) is 2.91. The van der Waals surface area contributed by atoms with E-state index in [1.54, 1.807) is 13.0 Å². The highest BCUT2D eigenvalue weighted by atomic mass is 35.5. The average molecular weight is 301 g/mol. The lowest BCUT2D eigenvalue weighted by Gasteiger charge is -2.10. The van der Waals surface area contributed by atoms with Gasteiger partial charge >= 0.3 is 0 Å². The predicted octanol–water partition coefficient (Wildman–Crippen LogP) is 2.70. The lowest BCUT2D eigenvalue weighted by molar-refractivity contribution is -0.121. The van der Waals surface area contributed by atoms with Crippen LogP contribution in [0.25, 0.3) is 0 Å². The maximum atomic E-state index is 13.3. The summed E-state index contributed by atoms with van der Waals surface area (Å²) < 4.78 is 13.3. The van der Waals surface area contributed by atoms with Crippen LogP contribution in [0.15, 0.2) is 18.2 Å². The van der Waals surface area contributed by atoms with Crippen LogP contribution in [0.3, 0.4) is 0 Å². The quantitative estimate of drug-likeness (QED) is 0.878. The number of rotatable bonds is 5. The van der Waals surface area contributed by atoms with Crippen molar-refractivity contribution in [2.45, 2.75) is 45.2 Å². The lowest BCUT2D eigenvalue weighted by Crippen LogP contribution is -2.27. The van der Waals surface area contributed by atoms with Crippen LogP contribution in [0, 0.1) is 12.7 Å². The minimum atomic E-state index is -0.220. The van der Waals surface area contributed by atoms with Crippen molar-refractivity contribution >= 4 is 18.3 Å². The van der Waals surface area contributed by atoms with Gasteiger partial charge in [0.2, 0.25) is 5.91 Å². The molecule has 5 heteroatoms. The zero-order chi connectivity index (χ0) is 13.7. The van der Waals surface area contributed by atoms with E-state index in [9.17, 15) is 9.18 Å². The van der Waals surface area contributed by atoms with E-state index in [-0.39, 0.29) is 24.1 Å². The molecule has 1 aromatic rings. The highest BCUT2D eigenvalue weighted by Crippen LogP contribution is 2.11. The molecule has 1 aliphatic heterocycles. The largest absolute Gasteiger partial charge is 0.352 e. The molecule has 0 saturated carbocycles. The summed E-state index contributed by atoms with van der Waals surface area (Å²) in [4.78, 5) is 11.7. The first-order valence-electron chi connectivity index (χ1n) is 6.90. The molecule has 112 valence electrons. The van der Waals surface area contributed by atoms with Crippen LogP contribution in [0.5, 0.6) is 0 Å². The molecule has 1 aliphatic rings. The molecule has 20 heavy (non-hydrogen) atoms. The van der Waals surface area contributed by atoms with Crippen LogP contribution >= 0.6 is 12.4 Å². The zero-order valence-corrected chi connectivity index (χ0v) is 12.6. The van der Waals surface area contributed by atoms with Crippen LogP contribution in [0.1, 0.15) is 36.8 Å². The standard InChI is InChI=1S/C15H21FN2O.ClH/c1-11-4-5-12(9-14(11)16)10-18-15(19)7-6-13-3-2-8-17-13;/h4-5,9,13,17H,2-3,6-8,10H2,1H3,(H,18,19);1H. The van der Waals surface area contributed by atoms with Crippen LogP contribution < -0.4 is 10.6 Å². The van der Waals surface area contributed by atoms with Crippen LogP contribution in [0.4, 0.5) is 4.39 Å². The molecule has 1 unspecified atom stereocenters. The Bertz CT molecular complexity index is 447. The summed E-state index contributed by atoms with van der Waals surface area (Å²) >= 11 is 0. The molecule has 1 amide bonds. The Labute approximate surface area is 125 Å². The summed E-state index contributed by atoms with van der Waals surface area (Å²) in [6.45, 7) is 3.19. The van der Waals surface area contributed by atoms with Gasteiger partial charge in [-0.1, -0.05) is 12.1 Å². The minimum absolute atomic E-state index is 0. The number of hydrogen-bond acceptors (Lipinski definition) is 2. The van der Waals surface area contributed by atoms with Crippen molar-refractivity contribution in [2.24, 2.45) is 0 Å². The van der Waals surface area contributed by atoms with E-state index < -0.39 is 0 Å². The molecule has 3 nitrogen and oxygen atoms in total. The second-order valence-electron chi connectivity index (χ2n) is 5.19. The van der Waals surface area contributed by atoms with Gasteiger partial charge in [0.05, 0.1) is 0 Å². The fourth-order valence-electron chi connectivity index (χ4n) is 2.34. The van der Waals surface area contributed by atoms with Crippen LogP contribution in [0.2, 0.25) is 0 Å². The SMILES string of the molecule is Cc1ccc(CNC(=O)CCC2CCCN2)cc1F.Cl. The van der Waals surface area contributed by atoms with E-state index >= 15 is 0 Å².